The van der Waals surface area contributed by atoms with Gasteiger partial charge in [0.1, 0.15) is 5.82 Å². The highest BCUT2D eigenvalue weighted by Gasteiger charge is 2.25. The zero-order chi connectivity index (χ0) is 15.9. The Bertz CT molecular complexity index is 710. The molecule has 2 N–H and O–H groups in total. The molecule has 5 nitrogen and oxygen atoms in total. The number of hydrogen-bond donors (Lipinski definition) is 1. The van der Waals surface area contributed by atoms with Crippen molar-refractivity contribution in [3.05, 3.63) is 22.3 Å². The molecule has 0 unspecified atom stereocenters. The Kier molecular flexibility index (Phi) is 4.04. The summed E-state index contributed by atoms with van der Waals surface area (Å²) < 4.78 is 14.4. The number of halogens is 1. The highest BCUT2D eigenvalue weighted by Crippen LogP contribution is 2.48. The Labute approximate surface area is 138 Å². The molecule has 1 aliphatic heterocycles. The lowest BCUT2D eigenvalue weighted by Crippen LogP contribution is -2.03. The van der Waals surface area contributed by atoms with Gasteiger partial charge in [0.2, 0.25) is 0 Å². The second-order valence-electron chi connectivity index (χ2n) is 5.75. The van der Waals surface area contributed by atoms with Crippen molar-refractivity contribution in [1.29, 1.82) is 0 Å². The summed E-state index contributed by atoms with van der Waals surface area (Å²) in [5.74, 6) is 2.52. The fourth-order valence-electron chi connectivity index (χ4n) is 2.76. The Hall–Kier alpha value is -1.69. The fraction of sp³-hybridized carbons (Fsp3) is 0.438. The maximum Gasteiger partial charge on any atom is 0.175 e. The van der Waals surface area contributed by atoms with Gasteiger partial charge < -0.3 is 15.2 Å². The summed E-state index contributed by atoms with van der Waals surface area (Å²) >= 11 is 3.61. The largest absolute Gasteiger partial charge is 0.489 e. The lowest BCUT2D eigenvalue weighted by Gasteiger charge is -2.20. The second-order valence-corrected chi connectivity index (χ2v) is 6.60. The van der Waals surface area contributed by atoms with Gasteiger partial charge in [-0.15, -0.1) is 0 Å². The molecule has 1 aromatic carbocycles. The summed E-state index contributed by atoms with van der Waals surface area (Å²) in [6.45, 7) is 5.62. The van der Waals surface area contributed by atoms with Gasteiger partial charge in [0, 0.05) is 24.6 Å². The average molecular weight is 366 g/mol. The minimum absolute atomic E-state index is 0.276. The van der Waals surface area contributed by atoms with Crippen LogP contribution in [0.5, 0.6) is 11.5 Å². The van der Waals surface area contributed by atoms with E-state index in [9.17, 15) is 0 Å². The van der Waals surface area contributed by atoms with E-state index in [0.29, 0.717) is 19.0 Å². The van der Waals surface area contributed by atoms with Gasteiger partial charge in [-0.25, -0.2) is 0 Å². The summed E-state index contributed by atoms with van der Waals surface area (Å²) in [7, 11) is 1.84. The number of hydrogen-bond acceptors (Lipinski definition) is 4. The van der Waals surface area contributed by atoms with Crippen LogP contribution in [-0.2, 0) is 7.05 Å². The lowest BCUT2D eigenvalue weighted by molar-refractivity contribution is 0.295. The molecule has 22 heavy (non-hydrogen) atoms. The SMILES string of the molecule is CC(C)c1c(-c2cnn(C)c2N)cc(Br)c2c1OCCCO2. The normalized spacial score (nSPS) is 14.2. The van der Waals surface area contributed by atoms with Crippen LogP contribution in [0.1, 0.15) is 31.7 Å². The summed E-state index contributed by atoms with van der Waals surface area (Å²) in [6.07, 6.45) is 2.68. The van der Waals surface area contributed by atoms with E-state index in [0.717, 1.165) is 39.1 Å². The van der Waals surface area contributed by atoms with Crippen molar-refractivity contribution in [2.45, 2.75) is 26.2 Å². The number of anilines is 1. The highest BCUT2D eigenvalue weighted by atomic mass is 79.9. The van der Waals surface area contributed by atoms with Gasteiger partial charge in [0.25, 0.3) is 0 Å². The first kappa shape index (κ1) is 15.2. The van der Waals surface area contributed by atoms with E-state index in [1.165, 1.54) is 0 Å². The van der Waals surface area contributed by atoms with E-state index in [-0.39, 0.29) is 5.92 Å². The van der Waals surface area contributed by atoms with Crippen molar-refractivity contribution >= 4 is 21.7 Å². The molecule has 0 fully saturated rings. The molecule has 0 saturated carbocycles. The van der Waals surface area contributed by atoms with Crippen LogP contribution in [0.3, 0.4) is 0 Å². The Morgan fingerprint density at radius 1 is 1.23 bits per heavy atom. The van der Waals surface area contributed by atoms with Crippen molar-refractivity contribution in [2.75, 3.05) is 18.9 Å². The van der Waals surface area contributed by atoms with E-state index >= 15 is 0 Å². The molecular formula is C16H20BrN3O2. The van der Waals surface area contributed by atoms with Crippen molar-refractivity contribution in [3.8, 4) is 22.6 Å². The Morgan fingerprint density at radius 2 is 1.91 bits per heavy atom. The minimum Gasteiger partial charge on any atom is -0.489 e. The van der Waals surface area contributed by atoms with Gasteiger partial charge in [-0.2, -0.15) is 5.10 Å². The van der Waals surface area contributed by atoms with E-state index in [2.05, 4.69) is 40.9 Å². The molecule has 3 rings (SSSR count). The first-order valence-electron chi connectivity index (χ1n) is 7.40. The predicted molar refractivity (Wildman–Crippen MR) is 90.5 cm³/mol. The van der Waals surface area contributed by atoms with Gasteiger partial charge in [-0.3, -0.25) is 4.68 Å². The number of nitrogens with two attached hydrogens (primary N) is 1. The molecule has 0 spiro atoms. The minimum atomic E-state index is 0.276. The first-order valence-corrected chi connectivity index (χ1v) is 8.19. The van der Waals surface area contributed by atoms with Crippen LogP contribution in [0.2, 0.25) is 0 Å². The molecule has 0 aliphatic carbocycles. The number of nitrogens with zero attached hydrogens (tertiary/aromatic N) is 2. The average Bonchev–Trinajstić information content (AvgIpc) is 2.67. The zero-order valence-electron chi connectivity index (χ0n) is 13.0. The van der Waals surface area contributed by atoms with Crippen LogP contribution in [-0.4, -0.2) is 23.0 Å². The highest BCUT2D eigenvalue weighted by molar-refractivity contribution is 9.10. The Morgan fingerprint density at radius 3 is 2.50 bits per heavy atom. The van der Waals surface area contributed by atoms with Crippen LogP contribution < -0.4 is 15.2 Å². The topological polar surface area (TPSA) is 62.3 Å². The van der Waals surface area contributed by atoms with Gasteiger partial charge in [-0.1, -0.05) is 13.8 Å². The zero-order valence-corrected chi connectivity index (χ0v) is 14.6. The van der Waals surface area contributed by atoms with Crippen LogP contribution in [0, 0.1) is 0 Å². The molecule has 0 atom stereocenters. The smallest absolute Gasteiger partial charge is 0.175 e. The number of benzene rings is 1. The fourth-order valence-corrected chi connectivity index (χ4v) is 3.28. The van der Waals surface area contributed by atoms with Crippen LogP contribution in [0.25, 0.3) is 11.1 Å². The van der Waals surface area contributed by atoms with Crippen LogP contribution in [0.4, 0.5) is 5.82 Å². The molecule has 0 amide bonds. The number of fused-ring (bicyclic) bond motifs is 1. The third kappa shape index (κ3) is 2.45. The number of rotatable bonds is 2. The second kappa shape index (κ2) is 5.83. The Balaban J connectivity index is 2.28. The van der Waals surface area contributed by atoms with Crippen molar-refractivity contribution in [2.24, 2.45) is 7.05 Å². The summed E-state index contributed by atoms with van der Waals surface area (Å²) in [5.41, 5.74) is 9.24. The standard InChI is InChI=1S/C16H20BrN3O2/c1-9(2)13-10(11-8-19-20(3)16(11)18)7-12(17)14-15(13)22-6-4-5-21-14/h7-9H,4-6,18H2,1-3H3. The summed E-state index contributed by atoms with van der Waals surface area (Å²) in [5, 5.41) is 4.26. The maximum atomic E-state index is 6.17. The van der Waals surface area contributed by atoms with E-state index < -0.39 is 0 Å². The molecule has 0 radical (unpaired) electrons. The molecule has 0 saturated heterocycles. The number of ether oxygens (including phenoxy) is 2. The third-order valence-corrected chi connectivity index (χ3v) is 4.45. The molecule has 1 aromatic heterocycles. The van der Waals surface area contributed by atoms with E-state index in [1.54, 1.807) is 10.9 Å². The molecule has 2 heterocycles. The summed E-state index contributed by atoms with van der Waals surface area (Å²) in [4.78, 5) is 0. The first-order chi connectivity index (χ1) is 10.5. The molecule has 118 valence electrons. The molecular weight excluding hydrogens is 346 g/mol. The quantitative estimate of drug-likeness (QED) is 0.880. The van der Waals surface area contributed by atoms with E-state index in [1.807, 2.05) is 7.05 Å². The molecule has 2 aromatic rings. The van der Waals surface area contributed by atoms with Gasteiger partial charge >= 0.3 is 0 Å². The van der Waals surface area contributed by atoms with E-state index in [4.69, 9.17) is 15.2 Å². The lowest BCUT2D eigenvalue weighted by atomic mass is 9.92. The third-order valence-electron chi connectivity index (χ3n) is 3.86. The number of aryl methyl sites for hydroxylation is 1. The monoisotopic (exact) mass is 365 g/mol. The molecule has 1 aliphatic rings. The van der Waals surface area contributed by atoms with Gasteiger partial charge in [0.15, 0.2) is 11.5 Å². The molecule has 6 heteroatoms. The van der Waals surface area contributed by atoms with Crippen LogP contribution in [0.15, 0.2) is 16.7 Å². The van der Waals surface area contributed by atoms with Crippen molar-refractivity contribution in [3.63, 3.8) is 0 Å². The van der Waals surface area contributed by atoms with Gasteiger partial charge in [-0.05, 0) is 33.5 Å². The van der Waals surface area contributed by atoms with Crippen molar-refractivity contribution < 1.29 is 9.47 Å². The molecule has 0 bridgehead atoms. The predicted octanol–water partition coefficient (Wildman–Crippen LogP) is 3.72. The number of aromatic nitrogens is 2. The van der Waals surface area contributed by atoms with Crippen LogP contribution >= 0.6 is 15.9 Å². The van der Waals surface area contributed by atoms with Gasteiger partial charge in [0.05, 0.1) is 23.9 Å². The maximum absolute atomic E-state index is 6.17. The number of nitrogen functional groups attached to an aromatic ring is 1. The van der Waals surface area contributed by atoms with Crippen molar-refractivity contribution in [1.82, 2.24) is 9.78 Å². The summed E-state index contributed by atoms with van der Waals surface area (Å²) in [6, 6.07) is 2.05.